The van der Waals surface area contributed by atoms with Gasteiger partial charge in [0.2, 0.25) is 0 Å². The molecule has 7 nitrogen and oxygen atoms in total. The number of aromatic nitrogens is 2. The van der Waals surface area contributed by atoms with Gasteiger partial charge in [-0.2, -0.15) is 5.26 Å². The van der Waals surface area contributed by atoms with E-state index in [4.69, 9.17) is 10.00 Å². The molecule has 1 saturated heterocycles. The van der Waals surface area contributed by atoms with Crippen molar-refractivity contribution in [1.29, 1.82) is 5.26 Å². The van der Waals surface area contributed by atoms with Gasteiger partial charge in [-0.1, -0.05) is 12.1 Å². The van der Waals surface area contributed by atoms with Crippen LogP contribution in [0.25, 0.3) is 11.3 Å². The van der Waals surface area contributed by atoms with E-state index in [9.17, 15) is 4.79 Å². The van der Waals surface area contributed by atoms with Crippen molar-refractivity contribution in [3.8, 4) is 17.3 Å². The molecule has 1 fully saturated rings. The zero-order valence-corrected chi connectivity index (χ0v) is 13.2. The molecule has 2 heterocycles. The van der Waals surface area contributed by atoms with E-state index < -0.39 is 6.10 Å². The zero-order chi connectivity index (χ0) is 16.9. The highest BCUT2D eigenvalue weighted by Gasteiger charge is 2.25. The van der Waals surface area contributed by atoms with E-state index in [-0.39, 0.29) is 11.9 Å². The Hall–Kier alpha value is -2.82. The van der Waals surface area contributed by atoms with E-state index in [0.29, 0.717) is 30.2 Å². The number of nitrogens with zero attached hydrogens (tertiary/aromatic N) is 3. The second-order valence-electron chi connectivity index (χ2n) is 5.60. The van der Waals surface area contributed by atoms with Crippen LogP contribution >= 0.6 is 0 Å². The lowest BCUT2D eigenvalue weighted by Crippen LogP contribution is -2.49. The van der Waals surface area contributed by atoms with E-state index in [1.165, 1.54) is 6.33 Å². The number of rotatable bonds is 3. The minimum absolute atomic E-state index is 0.243. The van der Waals surface area contributed by atoms with Gasteiger partial charge in [-0.3, -0.25) is 4.79 Å². The predicted octanol–water partition coefficient (Wildman–Crippen LogP) is 1.33. The van der Waals surface area contributed by atoms with Gasteiger partial charge in [0, 0.05) is 24.2 Å². The largest absolute Gasteiger partial charge is 0.365 e. The Bertz CT molecular complexity index is 779. The average molecular weight is 323 g/mol. The van der Waals surface area contributed by atoms with Crippen LogP contribution in [0.15, 0.2) is 36.7 Å². The number of anilines is 1. The van der Waals surface area contributed by atoms with Crippen molar-refractivity contribution in [3.63, 3.8) is 0 Å². The normalized spacial score (nSPS) is 20.2. The quantitative estimate of drug-likeness (QED) is 0.884. The fraction of sp³-hybridized carbons (Fsp3) is 0.294. The Labute approximate surface area is 139 Å². The Morgan fingerprint density at radius 3 is 3.04 bits per heavy atom. The van der Waals surface area contributed by atoms with Crippen LogP contribution in [0.3, 0.4) is 0 Å². The maximum atomic E-state index is 12.2. The molecule has 2 N–H and O–H groups in total. The van der Waals surface area contributed by atoms with Crippen molar-refractivity contribution in [2.45, 2.75) is 19.1 Å². The summed E-state index contributed by atoms with van der Waals surface area (Å²) in [7, 11) is 0. The molecule has 2 atom stereocenters. The molecule has 2 aromatic rings. The third-order valence-corrected chi connectivity index (χ3v) is 3.70. The van der Waals surface area contributed by atoms with E-state index >= 15 is 0 Å². The fourth-order valence-electron chi connectivity index (χ4n) is 2.39. The average Bonchev–Trinajstić information content (AvgIpc) is 2.62. The molecule has 0 aliphatic carbocycles. The maximum Gasteiger partial charge on any atom is 0.255 e. The van der Waals surface area contributed by atoms with Crippen molar-refractivity contribution >= 4 is 11.7 Å². The topological polar surface area (TPSA) is 99.9 Å². The molecule has 1 aromatic heterocycles. The third-order valence-electron chi connectivity index (χ3n) is 3.70. The SMILES string of the molecule is CC1COC(C(=O)Nc2cc(-c3cccc(C#N)c3)ncn2)CN1. The second-order valence-corrected chi connectivity index (χ2v) is 5.60. The molecule has 2 unspecified atom stereocenters. The number of hydrogen-bond acceptors (Lipinski definition) is 6. The Morgan fingerprint density at radius 1 is 1.42 bits per heavy atom. The van der Waals surface area contributed by atoms with Crippen LogP contribution in [0.2, 0.25) is 0 Å². The van der Waals surface area contributed by atoms with Gasteiger partial charge >= 0.3 is 0 Å². The van der Waals surface area contributed by atoms with Gasteiger partial charge in [-0.05, 0) is 19.1 Å². The first-order valence-electron chi connectivity index (χ1n) is 7.64. The lowest BCUT2D eigenvalue weighted by atomic mass is 10.1. The Kier molecular flexibility index (Phi) is 4.79. The van der Waals surface area contributed by atoms with E-state index in [1.54, 1.807) is 24.3 Å². The minimum Gasteiger partial charge on any atom is -0.365 e. The molecule has 0 radical (unpaired) electrons. The number of morpholine rings is 1. The maximum absolute atomic E-state index is 12.2. The highest BCUT2D eigenvalue weighted by Crippen LogP contribution is 2.20. The van der Waals surface area contributed by atoms with Gasteiger partial charge in [0.05, 0.1) is 23.9 Å². The summed E-state index contributed by atoms with van der Waals surface area (Å²) in [5.74, 6) is 0.152. The lowest BCUT2D eigenvalue weighted by Gasteiger charge is -2.27. The Balaban J connectivity index is 1.73. The number of nitrogens with one attached hydrogen (secondary N) is 2. The standard InChI is InChI=1S/C17H17N5O2/c1-11-9-24-15(8-19-11)17(23)22-16-6-14(20-10-21-16)13-4-2-3-12(5-13)7-18/h2-6,10-11,15,19H,8-9H2,1H3,(H,20,21,22,23). The molecule has 3 rings (SSSR count). The molecule has 0 bridgehead atoms. The number of carbonyl (C=O) groups is 1. The molecule has 1 aromatic carbocycles. The number of nitriles is 1. The first kappa shape index (κ1) is 16.1. The van der Waals surface area contributed by atoms with Gasteiger partial charge in [-0.15, -0.1) is 0 Å². The van der Waals surface area contributed by atoms with Crippen LogP contribution < -0.4 is 10.6 Å². The summed E-state index contributed by atoms with van der Waals surface area (Å²) in [5.41, 5.74) is 1.97. The molecule has 0 spiro atoms. The molecular formula is C17H17N5O2. The van der Waals surface area contributed by atoms with Crippen molar-refractivity contribution in [2.24, 2.45) is 0 Å². The van der Waals surface area contributed by atoms with Crippen LogP contribution in [-0.4, -0.2) is 41.2 Å². The number of hydrogen-bond donors (Lipinski definition) is 2. The number of carbonyl (C=O) groups excluding carboxylic acids is 1. The van der Waals surface area contributed by atoms with Crippen molar-refractivity contribution in [2.75, 3.05) is 18.5 Å². The third kappa shape index (κ3) is 3.74. The molecular weight excluding hydrogens is 306 g/mol. The highest BCUT2D eigenvalue weighted by atomic mass is 16.5. The first-order chi connectivity index (χ1) is 11.7. The van der Waals surface area contributed by atoms with Gasteiger partial charge in [0.15, 0.2) is 0 Å². The van der Waals surface area contributed by atoms with Crippen LogP contribution in [0, 0.1) is 11.3 Å². The molecule has 1 amide bonds. The summed E-state index contributed by atoms with van der Waals surface area (Å²) in [6, 6.07) is 11.1. The van der Waals surface area contributed by atoms with Crippen LogP contribution in [0.5, 0.6) is 0 Å². The molecule has 1 aliphatic rings. The lowest BCUT2D eigenvalue weighted by molar-refractivity contribution is -0.129. The van der Waals surface area contributed by atoms with E-state index in [1.807, 2.05) is 13.0 Å². The molecule has 24 heavy (non-hydrogen) atoms. The van der Waals surface area contributed by atoms with Crippen molar-refractivity contribution in [1.82, 2.24) is 15.3 Å². The highest BCUT2D eigenvalue weighted by molar-refractivity contribution is 5.94. The van der Waals surface area contributed by atoms with Crippen LogP contribution in [-0.2, 0) is 9.53 Å². The van der Waals surface area contributed by atoms with E-state index in [0.717, 1.165) is 5.56 Å². The Morgan fingerprint density at radius 2 is 2.29 bits per heavy atom. The van der Waals surface area contributed by atoms with Crippen LogP contribution in [0.4, 0.5) is 5.82 Å². The molecule has 0 saturated carbocycles. The number of benzene rings is 1. The summed E-state index contributed by atoms with van der Waals surface area (Å²) in [6.45, 7) is 2.96. The van der Waals surface area contributed by atoms with Gasteiger partial charge in [0.25, 0.3) is 5.91 Å². The van der Waals surface area contributed by atoms with Crippen molar-refractivity contribution in [3.05, 3.63) is 42.2 Å². The smallest absolute Gasteiger partial charge is 0.255 e. The number of amides is 1. The molecule has 7 heteroatoms. The van der Waals surface area contributed by atoms with E-state index in [2.05, 4.69) is 26.7 Å². The summed E-state index contributed by atoms with van der Waals surface area (Å²) in [6.07, 6.45) is 0.841. The van der Waals surface area contributed by atoms with Gasteiger partial charge < -0.3 is 15.4 Å². The molecule has 122 valence electrons. The monoisotopic (exact) mass is 323 g/mol. The summed E-state index contributed by atoms with van der Waals surface area (Å²) in [4.78, 5) is 20.5. The summed E-state index contributed by atoms with van der Waals surface area (Å²) >= 11 is 0. The zero-order valence-electron chi connectivity index (χ0n) is 13.2. The van der Waals surface area contributed by atoms with Gasteiger partial charge in [0.1, 0.15) is 18.2 Å². The number of ether oxygens (including phenoxy) is 1. The molecule has 1 aliphatic heterocycles. The van der Waals surface area contributed by atoms with Gasteiger partial charge in [-0.25, -0.2) is 9.97 Å². The minimum atomic E-state index is -0.540. The predicted molar refractivity (Wildman–Crippen MR) is 88.0 cm³/mol. The van der Waals surface area contributed by atoms with Crippen LogP contribution in [0.1, 0.15) is 12.5 Å². The summed E-state index contributed by atoms with van der Waals surface area (Å²) in [5, 5.41) is 14.9. The fourth-order valence-corrected chi connectivity index (χ4v) is 2.39. The van der Waals surface area contributed by atoms with Crippen molar-refractivity contribution < 1.29 is 9.53 Å². The first-order valence-corrected chi connectivity index (χ1v) is 7.64. The second kappa shape index (κ2) is 7.17. The summed E-state index contributed by atoms with van der Waals surface area (Å²) < 4.78 is 5.52.